The van der Waals surface area contributed by atoms with E-state index in [-0.39, 0.29) is 18.8 Å². The molecule has 0 amide bonds. The first kappa shape index (κ1) is 12.6. The number of aryl methyl sites for hydroxylation is 1. The zero-order valence-electron chi connectivity index (χ0n) is 9.77. The molecular weight excluding hydrogens is 244 g/mol. The van der Waals surface area contributed by atoms with Crippen LogP contribution in [0.1, 0.15) is 24.8 Å². The molecule has 0 spiro atoms. The molecule has 17 heavy (non-hydrogen) atoms. The van der Waals surface area contributed by atoms with Crippen molar-refractivity contribution in [2.45, 2.75) is 32.1 Å². The van der Waals surface area contributed by atoms with Crippen molar-refractivity contribution in [2.24, 2.45) is 5.92 Å². The minimum atomic E-state index is -2.47. The van der Waals surface area contributed by atoms with Gasteiger partial charge < -0.3 is 5.32 Å². The highest BCUT2D eigenvalue weighted by Gasteiger charge is 2.39. The van der Waals surface area contributed by atoms with Gasteiger partial charge in [-0.2, -0.15) is 0 Å². The van der Waals surface area contributed by atoms with E-state index in [2.05, 4.69) is 5.32 Å². The third-order valence-electron chi connectivity index (χ3n) is 3.21. The summed E-state index contributed by atoms with van der Waals surface area (Å²) < 4.78 is 26.0. The Labute approximate surface area is 105 Å². The summed E-state index contributed by atoms with van der Waals surface area (Å²) in [6.45, 7) is 2.55. The minimum Gasteiger partial charge on any atom is -0.384 e. The molecule has 1 aromatic carbocycles. The number of benzene rings is 1. The highest BCUT2D eigenvalue weighted by Crippen LogP contribution is 2.39. The molecule has 4 heteroatoms. The molecule has 1 aliphatic rings. The Bertz CT molecular complexity index is 406. The van der Waals surface area contributed by atoms with Crippen LogP contribution in [0.2, 0.25) is 5.02 Å². The van der Waals surface area contributed by atoms with Crippen LogP contribution in [-0.4, -0.2) is 12.5 Å². The Morgan fingerprint density at radius 3 is 2.88 bits per heavy atom. The second kappa shape index (κ2) is 4.81. The van der Waals surface area contributed by atoms with Gasteiger partial charge in [-0.25, -0.2) is 8.78 Å². The summed E-state index contributed by atoms with van der Waals surface area (Å²) >= 11 is 6.03. The van der Waals surface area contributed by atoms with E-state index in [4.69, 9.17) is 11.6 Å². The van der Waals surface area contributed by atoms with Gasteiger partial charge in [0.15, 0.2) is 0 Å². The Morgan fingerprint density at radius 1 is 1.47 bits per heavy atom. The van der Waals surface area contributed by atoms with Gasteiger partial charge in [-0.1, -0.05) is 17.7 Å². The zero-order valence-corrected chi connectivity index (χ0v) is 10.5. The third kappa shape index (κ3) is 3.32. The molecule has 0 aromatic heterocycles. The third-order valence-corrected chi connectivity index (χ3v) is 3.54. The number of nitrogens with one attached hydrogen (secondary N) is 1. The fourth-order valence-corrected chi connectivity index (χ4v) is 2.43. The van der Waals surface area contributed by atoms with Crippen LogP contribution >= 0.6 is 11.6 Å². The highest BCUT2D eigenvalue weighted by atomic mass is 35.5. The van der Waals surface area contributed by atoms with Crippen LogP contribution in [0, 0.1) is 12.8 Å². The lowest BCUT2D eigenvalue weighted by Crippen LogP contribution is -2.15. The van der Waals surface area contributed by atoms with E-state index in [0.29, 0.717) is 18.0 Å². The molecule has 1 saturated carbocycles. The van der Waals surface area contributed by atoms with Crippen LogP contribution in [0.3, 0.4) is 0 Å². The molecule has 1 N–H and O–H groups in total. The maximum atomic E-state index is 13.0. The molecule has 1 nitrogen and oxygen atoms in total. The Balaban J connectivity index is 1.92. The predicted octanol–water partition coefficient (Wildman–Crippen LogP) is 4.50. The molecule has 0 aliphatic heterocycles. The molecule has 1 atom stereocenters. The van der Waals surface area contributed by atoms with E-state index < -0.39 is 5.92 Å². The second-order valence-electron chi connectivity index (χ2n) is 4.83. The van der Waals surface area contributed by atoms with Crippen molar-refractivity contribution in [1.29, 1.82) is 0 Å². The number of alkyl halides is 2. The fourth-order valence-electron chi connectivity index (χ4n) is 2.24. The maximum absolute atomic E-state index is 13.0. The topological polar surface area (TPSA) is 12.0 Å². The van der Waals surface area contributed by atoms with E-state index in [1.807, 2.05) is 25.1 Å². The molecular formula is C13H16ClF2N. The minimum absolute atomic E-state index is 0.0105. The summed E-state index contributed by atoms with van der Waals surface area (Å²) in [6, 6.07) is 5.69. The summed E-state index contributed by atoms with van der Waals surface area (Å²) in [5.41, 5.74) is 1.94. The summed E-state index contributed by atoms with van der Waals surface area (Å²) in [5.74, 6) is -2.43. The van der Waals surface area contributed by atoms with Gasteiger partial charge in [-0.15, -0.1) is 0 Å². The van der Waals surface area contributed by atoms with E-state index in [9.17, 15) is 8.78 Å². The normalized spacial score (nSPS) is 22.7. The first-order chi connectivity index (χ1) is 7.96. The SMILES string of the molecule is Cc1ccc(Cl)c(NCC2CCC(F)(F)C2)c1. The fraction of sp³-hybridized carbons (Fsp3) is 0.538. The quantitative estimate of drug-likeness (QED) is 0.843. The lowest BCUT2D eigenvalue weighted by molar-refractivity contribution is 0.00556. The molecule has 0 heterocycles. The van der Waals surface area contributed by atoms with E-state index in [1.54, 1.807) is 0 Å². The first-order valence-corrected chi connectivity index (χ1v) is 6.22. The van der Waals surface area contributed by atoms with Crippen LogP contribution in [0.4, 0.5) is 14.5 Å². The Morgan fingerprint density at radius 2 is 2.24 bits per heavy atom. The molecule has 0 radical (unpaired) electrons. The lowest BCUT2D eigenvalue weighted by atomic mass is 10.1. The van der Waals surface area contributed by atoms with E-state index in [1.165, 1.54) is 0 Å². The number of halogens is 3. The van der Waals surface area contributed by atoms with Gasteiger partial charge in [0.25, 0.3) is 0 Å². The predicted molar refractivity (Wildman–Crippen MR) is 67.0 cm³/mol. The maximum Gasteiger partial charge on any atom is 0.248 e. The van der Waals surface area contributed by atoms with Gasteiger partial charge in [0.2, 0.25) is 5.92 Å². The molecule has 94 valence electrons. The first-order valence-electron chi connectivity index (χ1n) is 5.84. The molecule has 1 fully saturated rings. The van der Waals surface area contributed by atoms with Crippen molar-refractivity contribution in [3.8, 4) is 0 Å². The van der Waals surface area contributed by atoms with Crippen molar-refractivity contribution in [3.05, 3.63) is 28.8 Å². The zero-order chi connectivity index (χ0) is 12.5. The van der Waals surface area contributed by atoms with Gasteiger partial charge in [0.1, 0.15) is 0 Å². The van der Waals surface area contributed by atoms with Crippen LogP contribution < -0.4 is 5.32 Å². The van der Waals surface area contributed by atoms with Crippen molar-refractivity contribution >= 4 is 17.3 Å². The number of hydrogen-bond acceptors (Lipinski definition) is 1. The highest BCUT2D eigenvalue weighted by molar-refractivity contribution is 6.33. The monoisotopic (exact) mass is 259 g/mol. The van der Waals surface area contributed by atoms with Gasteiger partial charge in [0.05, 0.1) is 10.7 Å². The van der Waals surface area contributed by atoms with Gasteiger partial charge >= 0.3 is 0 Å². The molecule has 0 saturated heterocycles. The second-order valence-corrected chi connectivity index (χ2v) is 5.24. The summed E-state index contributed by atoms with van der Waals surface area (Å²) in [4.78, 5) is 0. The average molecular weight is 260 g/mol. The summed E-state index contributed by atoms with van der Waals surface area (Å²) in [7, 11) is 0. The Hall–Kier alpha value is -0.830. The largest absolute Gasteiger partial charge is 0.384 e. The molecule has 0 bridgehead atoms. The average Bonchev–Trinajstić information content (AvgIpc) is 2.60. The smallest absolute Gasteiger partial charge is 0.248 e. The lowest BCUT2D eigenvalue weighted by Gasteiger charge is -2.14. The number of anilines is 1. The molecule has 1 unspecified atom stereocenters. The van der Waals surface area contributed by atoms with Crippen molar-refractivity contribution in [3.63, 3.8) is 0 Å². The number of hydrogen-bond donors (Lipinski definition) is 1. The van der Waals surface area contributed by atoms with E-state index in [0.717, 1.165) is 11.3 Å². The van der Waals surface area contributed by atoms with Crippen molar-refractivity contribution in [2.75, 3.05) is 11.9 Å². The van der Waals surface area contributed by atoms with E-state index >= 15 is 0 Å². The van der Waals surface area contributed by atoms with Crippen molar-refractivity contribution in [1.82, 2.24) is 0 Å². The standard InChI is InChI=1S/C13H16ClF2N/c1-9-2-3-11(14)12(6-9)17-8-10-4-5-13(15,16)7-10/h2-3,6,10,17H,4-5,7-8H2,1H3. The van der Waals surface area contributed by atoms with Crippen LogP contribution in [0.5, 0.6) is 0 Å². The summed E-state index contributed by atoms with van der Waals surface area (Å²) in [5, 5.41) is 3.81. The van der Waals surface area contributed by atoms with Gasteiger partial charge in [-0.05, 0) is 37.0 Å². The van der Waals surface area contributed by atoms with Crippen LogP contribution in [0.15, 0.2) is 18.2 Å². The van der Waals surface area contributed by atoms with Gasteiger partial charge in [-0.3, -0.25) is 0 Å². The molecule has 1 aromatic rings. The molecule has 2 rings (SSSR count). The van der Waals surface area contributed by atoms with Crippen LogP contribution in [-0.2, 0) is 0 Å². The van der Waals surface area contributed by atoms with Gasteiger partial charge in [0, 0.05) is 19.4 Å². The van der Waals surface area contributed by atoms with Crippen LogP contribution in [0.25, 0.3) is 0 Å². The van der Waals surface area contributed by atoms with Crippen molar-refractivity contribution < 1.29 is 8.78 Å². The number of rotatable bonds is 3. The molecule has 1 aliphatic carbocycles. The Kier molecular flexibility index (Phi) is 3.57. The summed E-state index contributed by atoms with van der Waals surface area (Å²) in [6.07, 6.45) is 0.591.